The number of amides is 1. The Bertz CT molecular complexity index is 926. The van der Waals surface area contributed by atoms with Crippen LogP contribution in [0.25, 0.3) is 0 Å². The lowest BCUT2D eigenvalue weighted by atomic mass is 10.2. The van der Waals surface area contributed by atoms with Crippen molar-refractivity contribution in [2.24, 2.45) is 0 Å². The summed E-state index contributed by atoms with van der Waals surface area (Å²) in [5.41, 5.74) is 2.83. The van der Waals surface area contributed by atoms with E-state index >= 15 is 0 Å². The molecule has 1 aromatic heterocycles. The molecule has 6 nitrogen and oxygen atoms in total. The molecule has 1 aliphatic carbocycles. The summed E-state index contributed by atoms with van der Waals surface area (Å²) in [4.78, 5) is 31.7. The first-order chi connectivity index (χ1) is 14.5. The van der Waals surface area contributed by atoms with E-state index in [9.17, 15) is 9.59 Å². The van der Waals surface area contributed by atoms with Crippen LogP contribution < -0.4 is 11.0 Å². The Morgan fingerprint density at radius 3 is 2.67 bits per heavy atom. The highest BCUT2D eigenvalue weighted by atomic mass is 79.9. The first-order valence-corrected chi connectivity index (χ1v) is 12.3. The van der Waals surface area contributed by atoms with Crippen LogP contribution in [0.5, 0.6) is 0 Å². The van der Waals surface area contributed by atoms with Crippen LogP contribution >= 0.6 is 27.7 Å². The topological polar surface area (TPSA) is 67.2 Å². The maximum atomic E-state index is 12.7. The van der Waals surface area contributed by atoms with Gasteiger partial charge in [-0.15, -0.1) is 0 Å². The summed E-state index contributed by atoms with van der Waals surface area (Å²) < 4.78 is 2.82. The van der Waals surface area contributed by atoms with Crippen molar-refractivity contribution >= 4 is 39.3 Å². The Morgan fingerprint density at radius 1 is 1.23 bits per heavy atom. The fourth-order valence-electron chi connectivity index (χ4n) is 3.79. The van der Waals surface area contributed by atoms with Gasteiger partial charge in [-0.2, -0.15) is 4.98 Å². The number of carbonyl (C=O) groups is 1. The van der Waals surface area contributed by atoms with Crippen LogP contribution in [0, 0.1) is 0 Å². The average Bonchev–Trinajstić information content (AvgIpc) is 3.23. The predicted octanol–water partition coefficient (Wildman–Crippen LogP) is 3.96. The first kappa shape index (κ1) is 23.0. The number of aromatic nitrogens is 2. The summed E-state index contributed by atoms with van der Waals surface area (Å²) in [5, 5.41) is 3.61. The summed E-state index contributed by atoms with van der Waals surface area (Å²) in [5.74, 6) is 0.139. The van der Waals surface area contributed by atoms with Crippen LogP contribution in [0.1, 0.15) is 37.9 Å². The lowest BCUT2D eigenvalue weighted by Crippen LogP contribution is -2.30. The van der Waals surface area contributed by atoms with Crippen molar-refractivity contribution in [3.05, 3.63) is 50.5 Å². The lowest BCUT2D eigenvalue weighted by Gasteiger charge is -2.19. The van der Waals surface area contributed by atoms with E-state index in [4.69, 9.17) is 0 Å². The van der Waals surface area contributed by atoms with Gasteiger partial charge in [-0.1, -0.05) is 41.5 Å². The Labute approximate surface area is 190 Å². The number of anilines is 1. The van der Waals surface area contributed by atoms with E-state index in [2.05, 4.69) is 45.0 Å². The number of hydrogen-bond donors (Lipinski definition) is 1. The van der Waals surface area contributed by atoms with Gasteiger partial charge in [-0.05, 0) is 69.6 Å². The van der Waals surface area contributed by atoms with Crippen LogP contribution in [0.2, 0.25) is 0 Å². The molecule has 0 unspecified atom stereocenters. The Kier molecular flexibility index (Phi) is 8.53. The van der Waals surface area contributed by atoms with Gasteiger partial charge in [-0.3, -0.25) is 9.36 Å². The number of benzene rings is 1. The minimum Gasteiger partial charge on any atom is -0.325 e. The molecule has 0 bridgehead atoms. The zero-order chi connectivity index (χ0) is 21.5. The predicted molar refractivity (Wildman–Crippen MR) is 126 cm³/mol. The summed E-state index contributed by atoms with van der Waals surface area (Å²) in [6.45, 7) is 8.07. The third kappa shape index (κ3) is 5.95. The summed E-state index contributed by atoms with van der Waals surface area (Å²) in [6, 6.07) is 7.47. The number of nitrogens with one attached hydrogen (secondary N) is 1. The normalized spacial score (nSPS) is 12.9. The zero-order valence-corrected chi connectivity index (χ0v) is 20.0. The third-order valence-corrected chi connectivity index (χ3v) is 6.97. The molecule has 2 aromatic rings. The maximum absolute atomic E-state index is 12.7. The van der Waals surface area contributed by atoms with Gasteiger partial charge in [0, 0.05) is 28.0 Å². The first-order valence-electron chi connectivity index (χ1n) is 10.5. The van der Waals surface area contributed by atoms with Crippen molar-refractivity contribution in [2.75, 3.05) is 30.7 Å². The van der Waals surface area contributed by atoms with Crippen molar-refractivity contribution in [3.8, 4) is 0 Å². The van der Waals surface area contributed by atoms with Crippen LogP contribution in [0.4, 0.5) is 5.69 Å². The SMILES string of the molecule is CCN(CC)CCCn1c2c(c(SCC(=O)Nc3ccc(Br)cc3)nc1=O)CCC2. The second kappa shape index (κ2) is 11.1. The molecule has 30 heavy (non-hydrogen) atoms. The maximum Gasteiger partial charge on any atom is 0.348 e. The standard InChI is InChI=1S/C22H29BrN4O2S/c1-3-26(4-2)13-6-14-27-19-8-5-7-18(19)21(25-22(27)29)30-15-20(28)24-17-11-9-16(23)10-12-17/h9-12H,3-8,13-15H2,1-2H3,(H,24,28). The zero-order valence-electron chi connectivity index (χ0n) is 17.6. The molecular formula is C22H29BrN4O2S. The highest BCUT2D eigenvalue weighted by molar-refractivity contribution is 9.10. The number of rotatable bonds is 10. The largest absolute Gasteiger partial charge is 0.348 e. The molecule has 1 amide bonds. The fourth-order valence-corrected chi connectivity index (χ4v) is 4.93. The van der Waals surface area contributed by atoms with Gasteiger partial charge in [0.05, 0.1) is 5.75 Å². The lowest BCUT2D eigenvalue weighted by molar-refractivity contribution is -0.113. The number of fused-ring (bicyclic) bond motifs is 1. The molecule has 1 aromatic carbocycles. The van der Waals surface area contributed by atoms with Crippen molar-refractivity contribution in [1.29, 1.82) is 0 Å². The van der Waals surface area contributed by atoms with E-state index in [1.807, 2.05) is 28.8 Å². The molecule has 0 aliphatic heterocycles. The average molecular weight is 493 g/mol. The highest BCUT2D eigenvalue weighted by Gasteiger charge is 2.22. The molecule has 3 rings (SSSR count). The molecule has 0 spiro atoms. The summed E-state index contributed by atoms with van der Waals surface area (Å²) >= 11 is 4.75. The second-order valence-corrected chi connectivity index (χ2v) is 9.23. The minimum atomic E-state index is -0.189. The van der Waals surface area contributed by atoms with E-state index in [1.165, 1.54) is 11.8 Å². The number of thioether (sulfide) groups is 1. The molecular weight excluding hydrogens is 464 g/mol. The van der Waals surface area contributed by atoms with Crippen molar-refractivity contribution in [3.63, 3.8) is 0 Å². The van der Waals surface area contributed by atoms with Crippen LogP contribution in [-0.4, -0.2) is 45.7 Å². The molecule has 8 heteroatoms. The smallest absolute Gasteiger partial charge is 0.325 e. The Balaban J connectivity index is 1.64. The molecule has 162 valence electrons. The number of nitrogens with zero attached hydrogens (tertiary/aromatic N) is 3. The van der Waals surface area contributed by atoms with Crippen molar-refractivity contribution < 1.29 is 4.79 Å². The number of halogens is 1. The van der Waals surface area contributed by atoms with Gasteiger partial charge < -0.3 is 10.2 Å². The fraction of sp³-hybridized carbons (Fsp3) is 0.500. The molecule has 1 N–H and O–H groups in total. The molecule has 0 atom stereocenters. The van der Waals surface area contributed by atoms with Gasteiger partial charge in [0.15, 0.2) is 0 Å². The third-order valence-electron chi connectivity index (χ3n) is 5.42. The Morgan fingerprint density at radius 2 is 1.97 bits per heavy atom. The van der Waals surface area contributed by atoms with Crippen LogP contribution in [-0.2, 0) is 24.2 Å². The van der Waals surface area contributed by atoms with Crippen LogP contribution in [0.3, 0.4) is 0 Å². The van der Waals surface area contributed by atoms with Gasteiger partial charge in [0.1, 0.15) is 5.03 Å². The quantitative estimate of drug-likeness (QED) is 0.401. The summed E-state index contributed by atoms with van der Waals surface area (Å²) in [6.07, 6.45) is 3.82. The monoisotopic (exact) mass is 492 g/mol. The molecule has 0 fully saturated rings. The van der Waals surface area contributed by atoms with Gasteiger partial charge in [0.2, 0.25) is 5.91 Å². The number of carbonyl (C=O) groups excluding carboxylic acids is 1. The van der Waals surface area contributed by atoms with E-state index in [0.29, 0.717) is 6.54 Å². The summed E-state index contributed by atoms with van der Waals surface area (Å²) in [7, 11) is 0. The molecule has 0 saturated heterocycles. The number of hydrogen-bond acceptors (Lipinski definition) is 5. The highest BCUT2D eigenvalue weighted by Crippen LogP contribution is 2.29. The van der Waals surface area contributed by atoms with Gasteiger partial charge >= 0.3 is 5.69 Å². The van der Waals surface area contributed by atoms with E-state index in [-0.39, 0.29) is 17.3 Å². The Hall–Kier alpha value is -1.64. The van der Waals surface area contributed by atoms with Crippen molar-refractivity contribution in [1.82, 2.24) is 14.5 Å². The molecule has 1 aliphatic rings. The molecule has 0 saturated carbocycles. The van der Waals surface area contributed by atoms with E-state index < -0.39 is 0 Å². The van der Waals surface area contributed by atoms with E-state index in [1.54, 1.807) is 0 Å². The minimum absolute atomic E-state index is 0.0979. The van der Waals surface area contributed by atoms with Gasteiger partial charge in [-0.25, -0.2) is 4.79 Å². The van der Waals surface area contributed by atoms with Crippen LogP contribution in [0.15, 0.2) is 38.6 Å². The second-order valence-electron chi connectivity index (χ2n) is 7.35. The van der Waals surface area contributed by atoms with Gasteiger partial charge in [0.25, 0.3) is 0 Å². The molecule has 1 heterocycles. The van der Waals surface area contributed by atoms with Crippen molar-refractivity contribution in [2.45, 2.75) is 51.1 Å². The van der Waals surface area contributed by atoms with E-state index in [0.717, 1.165) is 71.8 Å². The molecule has 0 radical (unpaired) electrons.